The quantitative estimate of drug-likeness (QED) is 0.614. The van der Waals surface area contributed by atoms with Gasteiger partial charge in [0.25, 0.3) is 0 Å². The molecule has 0 spiro atoms. The van der Waals surface area contributed by atoms with Crippen molar-refractivity contribution in [3.8, 4) is 17.2 Å². The van der Waals surface area contributed by atoms with Gasteiger partial charge in [0.15, 0.2) is 11.5 Å². The largest absolute Gasteiger partial charge is 0.493 e. The Labute approximate surface area is 177 Å². The monoisotopic (exact) mass is 435 g/mol. The molecule has 1 heterocycles. The first-order valence-corrected chi connectivity index (χ1v) is 9.53. The average molecular weight is 436 g/mol. The van der Waals surface area contributed by atoms with E-state index in [1.807, 2.05) is 6.08 Å². The summed E-state index contributed by atoms with van der Waals surface area (Å²) in [6.45, 7) is -2.26. The maximum absolute atomic E-state index is 12.5. The molecule has 0 saturated carbocycles. The Kier molecular flexibility index (Phi) is 7.30. The van der Waals surface area contributed by atoms with Gasteiger partial charge in [-0.3, -0.25) is 4.79 Å². The van der Waals surface area contributed by atoms with Crippen LogP contribution in [0, 0.1) is 0 Å². The molecule has 2 aromatic rings. The molecule has 0 aliphatic carbocycles. The molecule has 5 nitrogen and oxygen atoms in total. The molecule has 158 valence electrons. The molecule has 3 rings (SSSR count). The molecule has 30 heavy (non-hydrogen) atoms. The summed E-state index contributed by atoms with van der Waals surface area (Å²) in [5, 5.41) is 3.36. The number of amides is 1. The van der Waals surface area contributed by atoms with Crippen LogP contribution in [-0.2, 0) is 11.2 Å². The minimum absolute atomic E-state index is 0.0409. The van der Waals surface area contributed by atoms with E-state index < -0.39 is 6.61 Å². The van der Waals surface area contributed by atoms with Crippen molar-refractivity contribution < 1.29 is 27.8 Å². The predicted octanol–water partition coefficient (Wildman–Crippen LogP) is 4.64. The number of alkyl halides is 2. The molecule has 0 saturated heterocycles. The Balaban J connectivity index is 1.53. The summed E-state index contributed by atoms with van der Waals surface area (Å²) in [6.07, 6.45) is 5.46. The zero-order valence-electron chi connectivity index (χ0n) is 16.2. The van der Waals surface area contributed by atoms with Crippen molar-refractivity contribution in [2.75, 3.05) is 20.3 Å². The third-order valence-corrected chi connectivity index (χ3v) is 4.55. The summed E-state index contributed by atoms with van der Waals surface area (Å²) in [4.78, 5) is 12.1. The van der Waals surface area contributed by atoms with Gasteiger partial charge in [-0.15, -0.1) is 0 Å². The first-order valence-electron chi connectivity index (χ1n) is 9.15. The molecule has 1 aliphatic rings. The van der Waals surface area contributed by atoms with Crippen LogP contribution in [-0.4, -0.2) is 32.8 Å². The van der Waals surface area contributed by atoms with E-state index in [0.29, 0.717) is 24.6 Å². The summed E-state index contributed by atoms with van der Waals surface area (Å²) in [5.74, 6) is 0.652. The van der Waals surface area contributed by atoms with Crippen molar-refractivity contribution in [1.82, 2.24) is 5.32 Å². The molecule has 0 radical (unpaired) electrons. The number of methoxy groups -OCH3 is 1. The second-order valence-electron chi connectivity index (χ2n) is 6.43. The Morgan fingerprint density at radius 3 is 2.87 bits per heavy atom. The van der Waals surface area contributed by atoms with Gasteiger partial charge in [-0.05, 0) is 54.0 Å². The third kappa shape index (κ3) is 5.97. The molecule has 0 bridgehead atoms. The van der Waals surface area contributed by atoms with Crippen LogP contribution in [0.5, 0.6) is 17.2 Å². The van der Waals surface area contributed by atoms with Crippen LogP contribution < -0.4 is 19.5 Å². The lowest BCUT2D eigenvalue weighted by Crippen LogP contribution is -2.23. The van der Waals surface area contributed by atoms with Crippen LogP contribution in [0.1, 0.15) is 11.1 Å². The van der Waals surface area contributed by atoms with Crippen LogP contribution in [0.2, 0.25) is 5.02 Å². The van der Waals surface area contributed by atoms with Crippen LogP contribution in [0.15, 0.2) is 54.1 Å². The highest BCUT2D eigenvalue weighted by molar-refractivity contribution is 6.30. The molecule has 0 unspecified atom stereocenters. The van der Waals surface area contributed by atoms with Crippen LogP contribution in [0.25, 0.3) is 6.08 Å². The van der Waals surface area contributed by atoms with Gasteiger partial charge in [0.1, 0.15) is 12.4 Å². The van der Waals surface area contributed by atoms with E-state index in [1.165, 1.54) is 19.3 Å². The van der Waals surface area contributed by atoms with E-state index in [1.54, 1.807) is 36.4 Å². The van der Waals surface area contributed by atoms with Crippen molar-refractivity contribution in [2.24, 2.45) is 0 Å². The summed E-state index contributed by atoms with van der Waals surface area (Å²) in [5.41, 5.74) is 2.42. The minimum Gasteiger partial charge on any atom is -0.493 e. The van der Waals surface area contributed by atoms with E-state index in [9.17, 15) is 13.6 Å². The van der Waals surface area contributed by atoms with E-state index in [2.05, 4.69) is 10.1 Å². The number of carbonyl (C=O) groups excluding carboxylic acids is 1. The summed E-state index contributed by atoms with van der Waals surface area (Å²) in [6, 6.07) is 10.1. The van der Waals surface area contributed by atoms with E-state index in [0.717, 1.165) is 22.4 Å². The predicted molar refractivity (Wildman–Crippen MR) is 110 cm³/mol. The average Bonchev–Trinajstić information content (AvgIpc) is 2.71. The maximum Gasteiger partial charge on any atom is 0.387 e. The third-order valence-electron chi connectivity index (χ3n) is 4.31. The lowest BCUT2D eigenvalue weighted by atomic mass is 10.1. The fraction of sp³-hybridized carbons (Fsp3) is 0.227. The van der Waals surface area contributed by atoms with Crippen molar-refractivity contribution in [1.29, 1.82) is 0 Å². The van der Waals surface area contributed by atoms with Crippen LogP contribution in [0.4, 0.5) is 8.78 Å². The Morgan fingerprint density at radius 1 is 1.27 bits per heavy atom. The van der Waals surface area contributed by atoms with Crippen molar-refractivity contribution >= 4 is 23.6 Å². The first kappa shape index (κ1) is 21.6. The zero-order chi connectivity index (χ0) is 21.5. The van der Waals surface area contributed by atoms with Gasteiger partial charge < -0.3 is 19.5 Å². The fourth-order valence-electron chi connectivity index (χ4n) is 2.90. The lowest BCUT2D eigenvalue weighted by molar-refractivity contribution is -0.116. The molecule has 1 N–H and O–H groups in total. The van der Waals surface area contributed by atoms with Gasteiger partial charge in [0.05, 0.1) is 7.11 Å². The molecule has 0 aromatic heterocycles. The summed E-state index contributed by atoms with van der Waals surface area (Å²) in [7, 11) is 1.37. The zero-order valence-corrected chi connectivity index (χ0v) is 16.9. The molecule has 2 aromatic carbocycles. The minimum atomic E-state index is -2.94. The first-order chi connectivity index (χ1) is 14.4. The highest BCUT2D eigenvalue weighted by atomic mass is 35.5. The molecule has 8 heteroatoms. The molecule has 0 fully saturated rings. The van der Waals surface area contributed by atoms with Crippen LogP contribution in [0.3, 0.4) is 0 Å². The summed E-state index contributed by atoms with van der Waals surface area (Å²) < 4.78 is 40.1. The molecule has 0 atom stereocenters. The Hall–Kier alpha value is -3.06. The van der Waals surface area contributed by atoms with Gasteiger partial charge in [0, 0.05) is 23.2 Å². The van der Waals surface area contributed by atoms with Crippen molar-refractivity contribution in [3.63, 3.8) is 0 Å². The number of rotatable bonds is 8. The maximum atomic E-state index is 12.5. The summed E-state index contributed by atoms with van der Waals surface area (Å²) >= 11 is 5.99. The van der Waals surface area contributed by atoms with Crippen molar-refractivity contribution in [2.45, 2.75) is 13.0 Å². The van der Waals surface area contributed by atoms with E-state index in [-0.39, 0.29) is 17.4 Å². The number of hydrogen-bond donors (Lipinski definition) is 1. The molecular weight excluding hydrogens is 416 g/mol. The number of halogens is 3. The standard InChI is InChI=1S/C22H20ClF2NO4/c1-28-19-5-2-14(11-20(19)30-22(24)25)8-9-26-21(27)7-3-15-10-16-12-17(23)4-6-18(16)29-13-15/h2-7,10-12,22H,8-9,13H2,1H3,(H,26,27). The molecular formula is C22H20ClF2NO4. The smallest absolute Gasteiger partial charge is 0.387 e. The number of ether oxygens (including phenoxy) is 3. The number of fused-ring (bicyclic) bond motifs is 1. The second-order valence-corrected chi connectivity index (χ2v) is 6.86. The van der Waals surface area contributed by atoms with Crippen LogP contribution >= 0.6 is 11.6 Å². The van der Waals surface area contributed by atoms with Gasteiger partial charge in [-0.2, -0.15) is 8.78 Å². The SMILES string of the molecule is COc1ccc(CCNC(=O)C=CC2=Cc3cc(Cl)ccc3OC2)cc1OC(F)F. The van der Waals surface area contributed by atoms with E-state index >= 15 is 0 Å². The second kappa shape index (κ2) is 10.1. The number of carbonyl (C=O) groups is 1. The molecule has 1 amide bonds. The number of hydrogen-bond acceptors (Lipinski definition) is 4. The topological polar surface area (TPSA) is 56.8 Å². The lowest BCUT2D eigenvalue weighted by Gasteiger charge is -2.16. The van der Waals surface area contributed by atoms with Crippen molar-refractivity contribution in [3.05, 3.63) is 70.3 Å². The Morgan fingerprint density at radius 2 is 2.10 bits per heavy atom. The van der Waals surface area contributed by atoms with Gasteiger partial charge in [0.2, 0.25) is 5.91 Å². The highest BCUT2D eigenvalue weighted by Gasteiger charge is 2.12. The normalized spacial score (nSPS) is 12.9. The number of benzene rings is 2. The van der Waals surface area contributed by atoms with Gasteiger partial charge in [-0.25, -0.2) is 0 Å². The van der Waals surface area contributed by atoms with E-state index in [4.69, 9.17) is 21.1 Å². The molecule has 1 aliphatic heterocycles. The Bertz CT molecular complexity index is 976. The van der Waals surface area contributed by atoms with Gasteiger partial charge in [-0.1, -0.05) is 23.7 Å². The number of nitrogens with one attached hydrogen (secondary N) is 1. The highest BCUT2D eigenvalue weighted by Crippen LogP contribution is 2.30. The van der Waals surface area contributed by atoms with Gasteiger partial charge >= 0.3 is 6.61 Å². The fourth-order valence-corrected chi connectivity index (χ4v) is 3.08.